The van der Waals surface area contributed by atoms with Gasteiger partial charge in [0.1, 0.15) is 31.7 Å². The minimum absolute atomic E-state index is 0.0848. The molecule has 2 aromatic rings. The maximum absolute atomic E-state index is 14.0. The number of aliphatic hydroxyl groups excluding tert-OH is 1. The van der Waals surface area contributed by atoms with E-state index < -0.39 is 42.2 Å². The first-order valence-corrected chi connectivity index (χ1v) is 15.7. The van der Waals surface area contributed by atoms with Crippen molar-refractivity contribution in [3.8, 4) is 0 Å². The second kappa shape index (κ2) is 15.3. The first kappa shape index (κ1) is 32.5. The van der Waals surface area contributed by atoms with Crippen LogP contribution >= 0.6 is 0 Å². The lowest BCUT2D eigenvalue weighted by Gasteiger charge is -2.43. The predicted octanol–water partition coefficient (Wildman–Crippen LogP) is 2.08. The van der Waals surface area contributed by atoms with E-state index in [0.717, 1.165) is 42.0 Å². The summed E-state index contributed by atoms with van der Waals surface area (Å²) in [5.74, 6) is -1.19. The van der Waals surface area contributed by atoms with E-state index in [9.17, 15) is 24.3 Å². The molecule has 2 unspecified atom stereocenters. The summed E-state index contributed by atoms with van der Waals surface area (Å²) in [6.07, 6.45) is 7.65. The number of unbranched alkanes of at least 4 members (excludes halogenated alkanes) is 3. The van der Waals surface area contributed by atoms with Crippen LogP contribution in [0.3, 0.4) is 0 Å². The number of amides is 3. The van der Waals surface area contributed by atoms with E-state index in [1.165, 1.54) is 0 Å². The quantitative estimate of drug-likeness (QED) is 0.230. The fourth-order valence-corrected chi connectivity index (χ4v) is 6.31. The largest absolute Gasteiger partial charge is 0.417 e. The highest BCUT2D eigenvalue weighted by Crippen LogP contribution is 2.26. The molecule has 11 nitrogen and oxygen atoms in total. The van der Waals surface area contributed by atoms with Crippen LogP contribution in [0.1, 0.15) is 77.2 Å². The van der Waals surface area contributed by atoms with Gasteiger partial charge in [0.05, 0.1) is 17.6 Å². The Labute approximate surface area is 253 Å². The lowest BCUT2D eigenvalue weighted by molar-refractivity contribution is -0.144. The SMILES string of the molecule is CCC(C)[C@@H]1NC(=O)[C@H](Cc2cn(OC)c3ccccc23)NC(=O)[C@H](CCCCCC=O)NC(=O)[C@H]2CCCCN2C1O. The van der Waals surface area contributed by atoms with Gasteiger partial charge in [-0.15, -0.1) is 0 Å². The van der Waals surface area contributed by atoms with Crippen molar-refractivity contribution in [1.29, 1.82) is 0 Å². The molecule has 6 atom stereocenters. The smallest absolute Gasteiger partial charge is 0.243 e. The van der Waals surface area contributed by atoms with Gasteiger partial charge in [-0.05, 0) is 43.2 Å². The van der Waals surface area contributed by atoms with E-state index in [0.29, 0.717) is 45.1 Å². The fourth-order valence-electron chi connectivity index (χ4n) is 6.31. The Bertz CT molecular complexity index is 1260. The molecule has 2 fully saturated rings. The van der Waals surface area contributed by atoms with Crippen molar-refractivity contribution in [2.24, 2.45) is 5.92 Å². The van der Waals surface area contributed by atoms with Gasteiger partial charge in [-0.3, -0.25) is 19.3 Å². The summed E-state index contributed by atoms with van der Waals surface area (Å²) in [6.45, 7) is 4.49. The number of hydrogen-bond acceptors (Lipinski definition) is 7. The van der Waals surface area contributed by atoms with E-state index in [4.69, 9.17) is 4.84 Å². The fraction of sp³-hybridized carbons (Fsp3) is 0.625. The number of rotatable bonds is 11. The summed E-state index contributed by atoms with van der Waals surface area (Å²) in [5.41, 5.74) is 1.65. The zero-order valence-electron chi connectivity index (χ0n) is 25.6. The standard InChI is InChI=1S/C32H47N5O6/c1-4-21(2)28-32(42)36-17-11-10-16-27(36)31(41)33-24(14-7-5-6-12-18-38)29(39)34-25(30(40)35-28)19-22-20-37(43-3)26-15-9-8-13-23(22)26/h8-9,13,15,18,20-21,24-25,27-28,32,42H,4-7,10-12,14,16-17,19H2,1-3H3,(H,33,41)(H,34,39)(H,35,40)/t21?,24-,25-,27+,28-,32?/m0/s1. The molecule has 0 bridgehead atoms. The van der Waals surface area contributed by atoms with Crippen LogP contribution in [0.15, 0.2) is 30.5 Å². The third-order valence-electron chi connectivity index (χ3n) is 9.04. The monoisotopic (exact) mass is 597 g/mol. The van der Waals surface area contributed by atoms with Gasteiger partial charge in [0, 0.05) is 31.0 Å². The molecule has 3 heterocycles. The number of nitrogens with zero attached hydrogens (tertiary/aromatic N) is 2. The molecular weight excluding hydrogens is 550 g/mol. The van der Waals surface area contributed by atoms with Gasteiger partial charge < -0.3 is 30.7 Å². The average molecular weight is 598 g/mol. The van der Waals surface area contributed by atoms with E-state index in [1.807, 2.05) is 44.3 Å². The Morgan fingerprint density at radius 2 is 1.77 bits per heavy atom. The molecule has 43 heavy (non-hydrogen) atoms. The number of piperidine rings is 1. The summed E-state index contributed by atoms with van der Waals surface area (Å²) < 4.78 is 1.63. The van der Waals surface area contributed by atoms with Crippen LogP contribution in [-0.4, -0.2) is 82.8 Å². The number of benzene rings is 1. The van der Waals surface area contributed by atoms with Crippen molar-refractivity contribution in [3.05, 3.63) is 36.0 Å². The average Bonchev–Trinajstić information content (AvgIpc) is 3.38. The lowest BCUT2D eigenvalue weighted by Crippen LogP contribution is -2.65. The predicted molar refractivity (Wildman–Crippen MR) is 163 cm³/mol. The molecule has 1 aromatic carbocycles. The third-order valence-corrected chi connectivity index (χ3v) is 9.04. The molecule has 4 rings (SSSR count). The van der Waals surface area contributed by atoms with Crippen molar-refractivity contribution in [2.45, 2.75) is 108 Å². The summed E-state index contributed by atoms with van der Waals surface area (Å²) in [5, 5.41) is 21.6. The maximum atomic E-state index is 14.0. The molecular formula is C32H47N5O6. The second-order valence-corrected chi connectivity index (χ2v) is 11.9. The topological polar surface area (TPSA) is 142 Å². The van der Waals surface area contributed by atoms with Crippen molar-refractivity contribution < 1.29 is 29.1 Å². The summed E-state index contributed by atoms with van der Waals surface area (Å²) in [7, 11) is 1.56. The van der Waals surface area contributed by atoms with Crippen LogP contribution < -0.4 is 20.8 Å². The van der Waals surface area contributed by atoms with E-state index in [2.05, 4.69) is 16.0 Å². The van der Waals surface area contributed by atoms with Crippen LogP contribution in [0, 0.1) is 5.92 Å². The molecule has 0 saturated carbocycles. The highest BCUT2D eigenvalue weighted by molar-refractivity contribution is 5.94. The molecule has 2 aliphatic rings. The van der Waals surface area contributed by atoms with Gasteiger partial charge >= 0.3 is 0 Å². The summed E-state index contributed by atoms with van der Waals surface area (Å²) in [6, 6.07) is 4.61. The van der Waals surface area contributed by atoms with Crippen LogP contribution in [0.2, 0.25) is 0 Å². The van der Waals surface area contributed by atoms with Crippen LogP contribution in [0.25, 0.3) is 10.9 Å². The Hall–Kier alpha value is -3.44. The molecule has 4 N–H and O–H groups in total. The second-order valence-electron chi connectivity index (χ2n) is 11.9. The minimum atomic E-state index is -1.07. The molecule has 2 aliphatic heterocycles. The minimum Gasteiger partial charge on any atom is -0.417 e. The number of aliphatic hydroxyl groups is 1. The first-order valence-electron chi connectivity index (χ1n) is 15.7. The van der Waals surface area contributed by atoms with Gasteiger partial charge in [0.2, 0.25) is 17.7 Å². The van der Waals surface area contributed by atoms with Crippen molar-refractivity contribution >= 4 is 34.9 Å². The number of aromatic nitrogens is 1. The molecule has 0 aliphatic carbocycles. The number of hydrogen-bond donors (Lipinski definition) is 4. The number of aldehydes is 1. The zero-order valence-corrected chi connectivity index (χ0v) is 25.6. The highest BCUT2D eigenvalue weighted by atomic mass is 16.6. The van der Waals surface area contributed by atoms with Crippen LogP contribution in [0.5, 0.6) is 0 Å². The van der Waals surface area contributed by atoms with Gasteiger partial charge in [0.25, 0.3) is 0 Å². The van der Waals surface area contributed by atoms with Crippen LogP contribution in [0.4, 0.5) is 0 Å². The molecule has 2 saturated heterocycles. The van der Waals surface area contributed by atoms with Crippen molar-refractivity contribution in [2.75, 3.05) is 13.7 Å². The molecule has 3 amide bonds. The Morgan fingerprint density at radius 1 is 1.02 bits per heavy atom. The molecule has 11 heteroatoms. The van der Waals surface area contributed by atoms with Crippen LogP contribution in [-0.2, 0) is 25.6 Å². The first-order chi connectivity index (χ1) is 20.8. The summed E-state index contributed by atoms with van der Waals surface area (Å²) in [4.78, 5) is 59.5. The molecule has 0 spiro atoms. The van der Waals surface area contributed by atoms with E-state index in [-0.39, 0.29) is 18.2 Å². The van der Waals surface area contributed by atoms with Crippen molar-refractivity contribution in [1.82, 2.24) is 25.6 Å². The number of nitrogens with one attached hydrogen (secondary N) is 3. The summed E-state index contributed by atoms with van der Waals surface area (Å²) >= 11 is 0. The number of para-hydroxylation sites is 1. The Morgan fingerprint density at radius 3 is 2.51 bits per heavy atom. The number of carbonyl (C=O) groups excluding carboxylic acids is 4. The highest BCUT2D eigenvalue weighted by Gasteiger charge is 2.41. The maximum Gasteiger partial charge on any atom is 0.243 e. The van der Waals surface area contributed by atoms with E-state index >= 15 is 0 Å². The number of carbonyl (C=O) groups is 4. The van der Waals surface area contributed by atoms with Crippen molar-refractivity contribution in [3.63, 3.8) is 0 Å². The Balaban J connectivity index is 1.69. The normalized spacial score (nSPS) is 26.3. The van der Waals surface area contributed by atoms with Gasteiger partial charge in [-0.25, -0.2) is 0 Å². The zero-order chi connectivity index (χ0) is 30.9. The molecule has 236 valence electrons. The van der Waals surface area contributed by atoms with Gasteiger partial charge in [0.15, 0.2) is 0 Å². The molecule has 1 aromatic heterocycles. The third kappa shape index (κ3) is 7.75. The van der Waals surface area contributed by atoms with Gasteiger partial charge in [-0.2, -0.15) is 4.73 Å². The number of fused-ring (bicyclic) bond motifs is 2. The molecule has 0 radical (unpaired) electrons. The van der Waals surface area contributed by atoms with Gasteiger partial charge in [-0.1, -0.05) is 57.7 Å². The van der Waals surface area contributed by atoms with E-state index in [1.54, 1.807) is 16.7 Å². The lowest BCUT2D eigenvalue weighted by atomic mass is 9.92. The Kier molecular flexibility index (Phi) is 11.6.